The van der Waals surface area contributed by atoms with Crippen LogP contribution in [0.5, 0.6) is 0 Å². The minimum absolute atomic E-state index is 0.00722. The van der Waals surface area contributed by atoms with E-state index in [1.54, 1.807) is 12.3 Å². The molecule has 3 heterocycles. The van der Waals surface area contributed by atoms with Gasteiger partial charge in [0.2, 0.25) is 0 Å². The first-order valence-corrected chi connectivity index (χ1v) is 8.28. The summed E-state index contributed by atoms with van der Waals surface area (Å²) in [7, 11) is 0. The summed E-state index contributed by atoms with van der Waals surface area (Å²) in [6, 6.07) is 5.04. The summed E-state index contributed by atoms with van der Waals surface area (Å²) < 4.78 is 0. The van der Waals surface area contributed by atoms with Gasteiger partial charge < -0.3 is 15.5 Å². The molecular weight excluding hydrogens is 330 g/mol. The van der Waals surface area contributed by atoms with Crippen LogP contribution in [-0.2, 0) is 0 Å². The van der Waals surface area contributed by atoms with Crippen LogP contribution in [0.4, 0.5) is 22.2 Å². The highest BCUT2D eigenvalue weighted by Gasteiger charge is 2.28. The molecule has 126 valence electrons. The summed E-state index contributed by atoms with van der Waals surface area (Å²) in [5, 5.41) is 11.8. The molecule has 2 N–H and O–H groups in total. The molecule has 9 heteroatoms. The van der Waals surface area contributed by atoms with E-state index < -0.39 is 4.92 Å². The summed E-state index contributed by atoms with van der Waals surface area (Å²) in [5.74, 6) is 0.323. The zero-order valence-corrected chi connectivity index (χ0v) is 14.0. The van der Waals surface area contributed by atoms with Crippen LogP contribution >= 0.6 is 11.3 Å². The van der Waals surface area contributed by atoms with E-state index in [1.807, 2.05) is 11.0 Å². The Morgan fingerprint density at radius 1 is 1.29 bits per heavy atom. The third-order valence-corrected chi connectivity index (χ3v) is 5.23. The van der Waals surface area contributed by atoms with Gasteiger partial charge >= 0.3 is 5.69 Å². The lowest BCUT2D eigenvalue weighted by Crippen LogP contribution is -2.46. The Kier molecular flexibility index (Phi) is 4.34. The first-order valence-electron chi connectivity index (χ1n) is 7.46. The molecule has 1 fully saturated rings. The Morgan fingerprint density at radius 2 is 1.96 bits per heavy atom. The zero-order chi connectivity index (χ0) is 17.3. The number of thiophene rings is 1. The summed E-state index contributed by atoms with van der Waals surface area (Å²) in [6.07, 6.45) is 1.73. The number of piperazine rings is 1. The molecule has 0 saturated carbocycles. The van der Waals surface area contributed by atoms with Gasteiger partial charge in [-0.15, -0.1) is 11.3 Å². The molecule has 0 unspecified atom stereocenters. The number of nitro groups is 1. The molecule has 2 aromatic heterocycles. The van der Waals surface area contributed by atoms with Gasteiger partial charge in [0.25, 0.3) is 0 Å². The number of nitrogens with zero attached hydrogens (tertiary/aromatic N) is 4. The quantitative estimate of drug-likeness (QED) is 0.513. The maximum atomic E-state index is 11.5. The lowest BCUT2D eigenvalue weighted by Gasteiger charge is -2.36. The lowest BCUT2D eigenvalue weighted by atomic mass is 10.2. The van der Waals surface area contributed by atoms with Crippen molar-refractivity contribution in [3.8, 4) is 0 Å². The molecule has 0 aromatic carbocycles. The van der Waals surface area contributed by atoms with Crippen LogP contribution in [0.1, 0.15) is 16.6 Å². The summed E-state index contributed by atoms with van der Waals surface area (Å²) >= 11 is 1.19. The van der Waals surface area contributed by atoms with Crippen molar-refractivity contribution in [3.63, 3.8) is 0 Å². The number of nitrogens with two attached hydrogens (primary N) is 1. The van der Waals surface area contributed by atoms with Crippen LogP contribution in [-0.4, -0.2) is 41.9 Å². The van der Waals surface area contributed by atoms with Crippen LogP contribution in [0.25, 0.3) is 0 Å². The second-order valence-electron chi connectivity index (χ2n) is 5.53. The number of carbonyl (C=O) groups is 1. The summed E-state index contributed by atoms with van der Waals surface area (Å²) in [5.41, 5.74) is 6.59. The van der Waals surface area contributed by atoms with Gasteiger partial charge in [0, 0.05) is 32.2 Å². The predicted octanol–water partition coefficient (Wildman–Crippen LogP) is 2.16. The average Bonchev–Trinajstić information content (AvgIpc) is 3.02. The third-order valence-electron chi connectivity index (χ3n) is 3.94. The van der Waals surface area contributed by atoms with Gasteiger partial charge in [-0.25, -0.2) is 4.98 Å². The van der Waals surface area contributed by atoms with Crippen molar-refractivity contribution >= 4 is 39.3 Å². The van der Waals surface area contributed by atoms with E-state index in [-0.39, 0.29) is 11.5 Å². The second kappa shape index (κ2) is 6.44. The number of aromatic nitrogens is 1. The number of ketones is 1. The van der Waals surface area contributed by atoms with Crippen molar-refractivity contribution in [3.05, 3.63) is 39.4 Å². The van der Waals surface area contributed by atoms with Crippen LogP contribution in [0.2, 0.25) is 0 Å². The SMILES string of the molecule is CC(=O)c1cc([N+](=O)[O-])c(N2CCN(c3ccc(N)nc3)CC2)s1. The van der Waals surface area contributed by atoms with Gasteiger partial charge in [-0.05, 0) is 19.1 Å². The van der Waals surface area contributed by atoms with E-state index in [0.717, 1.165) is 18.8 Å². The number of pyridine rings is 1. The molecule has 0 amide bonds. The molecule has 24 heavy (non-hydrogen) atoms. The lowest BCUT2D eigenvalue weighted by molar-refractivity contribution is -0.383. The number of rotatable bonds is 4. The molecule has 0 atom stereocenters. The molecule has 0 spiro atoms. The predicted molar refractivity (Wildman–Crippen MR) is 94.1 cm³/mol. The second-order valence-corrected chi connectivity index (χ2v) is 6.56. The first-order chi connectivity index (χ1) is 11.5. The van der Waals surface area contributed by atoms with Gasteiger partial charge in [0.1, 0.15) is 5.82 Å². The highest BCUT2D eigenvalue weighted by Crippen LogP contribution is 2.38. The topological polar surface area (TPSA) is 106 Å². The molecule has 8 nitrogen and oxygen atoms in total. The maximum absolute atomic E-state index is 11.5. The average molecular weight is 347 g/mol. The van der Waals surface area contributed by atoms with Crippen LogP contribution in [0, 0.1) is 10.1 Å². The van der Waals surface area contributed by atoms with Crippen molar-refractivity contribution in [2.75, 3.05) is 41.7 Å². The standard InChI is InChI=1S/C15H17N5O3S/c1-10(21)13-8-12(20(22)23)15(24-13)19-6-4-18(5-7-19)11-2-3-14(16)17-9-11/h2-3,8-9H,4-7H2,1H3,(H2,16,17). The summed E-state index contributed by atoms with van der Waals surface area (Å²) in [4.78, 5) is 31.0. The van der Waals surface area contributed by atoms with Crippen molar-refractivity contribution < 1.29 is 9.72 Å². The molecule has 1 aliphatic heterocycles. The number of carbonyl (C=O) groups excluding carboxylic acids is 1. The Balaban J connectivity index is 1.76. The molecule has 1 saturated heterocycles. The van der Waals surface area contributed by atoms with Crippen molar-refractivity contribution in [1.29, 1.82) is 0 Å². The van der Waals surface area contributed by atoms with Crippen molar-refractivity contribution in [2.45, 2.75) is 6.92 Å². The maximum Gasteiger partial charge on any atom is 0.304 e. The molecular formula is C15H17N5O3S. The largest absolute Gasteiger partial charge is 0.384 e. The van der Waals surface area contributed by atoms with E-state index >= 15 is 0 Å². The number of hydrogen-bond acceptors (Lipinski definition) is 8. The van der Waals surface area contributed by atoms with E-state index in [1.165, 1.54) is 24.3 Å². The summed E-state index contributed by atoms with van der Waals surface area (Å²) in [6.45, 7) is 4.14. The molecule has 3 rings (SSSR count). The Hall–Kier alpha value is -2.68. The van der Waals surface area contributed by atoms with Crippen molar-refractivity contribution in [1.82, 2.24) is 4.98 Å². The van der Waals surface area contributed by atoms with E-state index in [4.69, 9.17) is 5.73 Å². The highest BCUT2D eigenvalue weighted by molar-refractivity contribution is 7.18. The molecule has 0 bridgehead atoms. The van der Waals surface area contributed by atoms with Gasteiger partial charge in [0.15, 0.2) is 10.8 Å². The number of hydrogen-bond donors (Lipinski definition) is 1. The van der Waals surface area contributed by atoms with Gasteiger partial charge in [-0.1, -0.05) is 0 Å². The molecule has 0 aliphatic carbocycles. The zero-order valence-electron chi connectivity index (χ0n) is 13.1. The monoisotopic (exact) mass is 347 g/mol. The van der Waals surface area contributed by atoms with Gasteiger partial charge in [-0.2, -0.15) is 0 Å². The fourth-order valence-electron chi connectivity index (χ4n) is 2.65. The molecule has 2 aromatic rings. The normalized spacial score (nSPS) is 14.7. The van der Waals surface area contributed by atoms with E-state index in [2.05, 4.69) is 9.88 Å². The number of anilines is 3. The van der Waals surface area contributed by atoms with E-state index in [0.29, 0.717) is 28.8 Å². The van der Waals surface area contributed by atoms with Crippen LogP contribution in [0.15, 0.2) is 24.4 Å². The Bertz CT molecular complexity index is 766. The van der Waals surface area contributed by atoms with E-state index in [9.17, 15) is 14.9 Å². The Labute approximate surface area is 142 Å². The van der Waals surface area contributed by atoms with Gasteiger partial charge in [-0.3, -0.25) is 14.9 Å². The smallest absolute Gasteiger partial charge is 0.304 e. The van der Waals surface area contributed by atoms with Crippen LogP contribution in [0.3, 0.4) is 0 Å². The molecule has 0 radical (unpaired) electrons. The van der Waals surface area contributed by atoms with Crippen LogP contribution < -0.4 is 15.5 Å². The highest BCUT2D eigenvalue weighted by atomic mass is 32.1. The third kappa shape index (κ3) is 3.16. The molecule has 1 aliphatic rings. The minimum atomic E-state index is -0.422. The number of Topliss-reactive ketones (excluding diaryl/α,β-unsaturated/α-hetero) is 1. The van der Waals surface area contributed by atoms with Crippen molar-refractivity contribution in [2.24, 2.45) is 0 Å². The minimum Gasteiger partial charge on any atom is -0.384 e. The first kappa shape index (κ1) is 16.2. The Morgan fingerprint density at radius 3 is 2.50 bits per heavy atom. The fourth-order valence-corrected chi connectivity index (χ4v) is 3.73. The fraction of sp³-hybridized carbons (Fsp3) is 0.333. The van der Waals surface area contributed by atoms with Gasteiger partial charge in [0.05, 0.1) is 21.7 Å². The number of nitrogen functional groups attached to an aromatic ring is 1.